The highest BCUT2D eigenvalue weighted by Gasteiger charge is 2.08. The first-order chi connectivity index (χ1) is 11.7. The Kier molecular flexibility index (Phi) is 3.38. The molecule has 4 rings (SSSR count). The SMILES string of the molecule is Cc1ccc2nc(Cn3nnc(-c4ccccc4)n3)cc(=O)n2c1. The molecule has 0 N–H and O–H groups in total. The fourth-order valence-electron chi connectivity index (χ4n) is 2.50. The molecule has 24 heavy (non-hydrogen) atoms. The van der Waals surface area contributed by atoms with Crippen LogP contribution >= 0.6 is 0 Å². The molecule has 0 saturated carbocycles. The molecule has 0 radical (unpaired) electrons. The number of tetrazole rings is 1. The zero-order valence-corrected chi connectivity index (χ0v) is 13.0. The topological polar surface area (TPSA) is 78.0 Å². The van der Waals surface area contributed by atoms with Gasteiger partial charge in [0.2, 0.25) is 5.82 Å². The number of rotatable bonds is 3. The van der Waals surface area contributed by atoms with Gasteiger partial charge in [-0.2, -0.15) is 4.80 Å². The Bertz CT molecular complexity index is 1070. The van der Waals surface area contributed by atoms with Crippen LogP contribution in [-0.2, 0) is 6.54 Å². The maximum atomic E-state index is 12.2. The summed E-state index contributed by atoms with van der Waals surface area (Å²) in [6, 6.07) is 14.9. The Hall–Kier alpha value is -3.35. The monoisotopic (exact) mass is 318 g/mol. The minimum Gasteiger partial charge on any atom is -0.269 e. The van der Waals surface area contributed by atoms with Crippen LogP contribution in [0.4, 0.5) is 0 Å². The van der Waals surface area contributed by atoms with E-state index in [1.807, 2.05) is 49.4 Å². The zero-order chi connectivity index (χ0) is 16.5. The molecule has 0 saturated heterocycles. The predicted octanol–water partition coefficient (Wildman–Crippen LogP) is 1.70. The predicted molar refractivity (Wildman–Crippen MR) is 88.6 cm³/mol. The molecule has 3 heterocycles. The molecular formula is C17H14N6O. The Labute approximate surface area is 137 Å². The average Bonchev–Trinajstić information content (AvgIpc) is 3.05. The molecule has 0 spiro atoms. The first kappa shape index (κ1) is 14.3. The summed E-state index contributed by atoms with van der Waals surface area (Å²) < 4.78 is 1.53. The second kappa shape index (κ2) is 5.69. The molecule has 0 atom stereocenters. The summed E-state index contributed by atoms with van der Waals surface area (Å²) in [6.07, 6.45) is 1.77. The molecular weight excluding hydrogens is 304 g/mol. The standard InChI is InChI=1S/C17H14N6O/c1-12-7-8-15-18-14(9-16(24)22(15)10-12)11-23-20-17(19-21-23)13-5-3-2-4-6-13/h2-10H,11H2,1H3. The number of aryl methyl sites for hydroxylation is 1. The van der Waals surface area contributed by atoms with Crippen LogP contribution in [0, 0.1) is 6.92 Å². The van der Waals surface area contributed by atoms with Crippen molar-refractivity contribution in [1.29, 1.82) is 0 Å². The molecule has 4 aromatic rings. The van der Waals surface area contributed by atoms with Crippen molar-refractivity contribution in [2.24, 2.45) is 0 Å². The highest BCUT2D eigenvalue weighted by molar-refractivity contribution is 5.53. The number of aromatic nitrogens is 6. The summed E-state index contributed by atoms with van der Waals surface area (Å²) in [5.41, 5.74) is 2.98. The number of fused-ring (bicyclic) bond motifs is 1. The first-order valence-corrected chi connectivity index (χ1v) is 7.51. The third-order valence-electron chi connectivity index (χ3n) is 3.65. The molecule has 0 aliphatic carbocycles. The molecule has 0 aliphatic rings. The van der Waals surface area contributed by atoms with E-state index >= 15 is 0 Å². The van der Waals surface area contributed by atoms with Crippen LogP contribution in [0.3, 0.4) is 0 Å². The van der Waals surface area contributed by atoms with Crippen molar-refractivity contribution in [2.75, 3.05) is 0 Å². The lowest BCUT2D eigenvalue weighted by Gasteiger charge is -2.04. The quantitative estimate of drug-likeness (QED) is 0.574. The maximum Gasteiger partial charge on any atom is 0.258 e. The van der Waals surface area contributed by atoms with Crippen LogP contribution in [0.2, 0.25) is 0 Å². The lowest BCUT2D eigenvalue weighted by atomic mass is 10.2. The van der Waals surface area contributed by atoms with Gasteiger partial charge in [0.25, 0.3) is 5.56 Å². The molecule has 3 aromatic heterocycles. The fourth-order valence-corrected chi connectivity index (χ4v) is 2.50. The lowest BCUT2D eigenvalue weighted by Crippen LogP contribution is -2.17. The Morgan fingerprint density at radius 3 is 2.75 bits per heavy atom. The van der Waals surface area contributed by atoms with E-state index < -0.39 is 0 Å². The highest BCUT2D eigenvalue weighted by Crippen LogP contribution is 2.12. The van der Waals surface area contributed by atoms with Crippen molar-refractivity contribution in [3.8, 4) is 11.4 Å². The van der Waals surface area contributed by atoms with Crippen molar-refractivity contribution in [3.05, 3.63) is 76.3 Å². The van der Waals surface area contributed by atoms with E-state index in [-0.39, 0.29) is 5.56 Å². The van der Waals surface area contributed by atoms with Gasteiger partial charge in [-0.3, -0.25) is 9.20 Å². The summed E-state index contributed by atoms with van der Waals surface area (Å²) >= 11 is 0. The van der Waals surface area contributed by atoms with Gasteiger partial charge in [-0.05, 0) is 23.8 Å². The van der Waals surface area contributed by atoms with Gasteiger partial charge in [0, 0.05) is 17.8 Å². The number of nitrogens with zero attached hydrogens (tertiary/aromatic N) is 6. The van der Waals surface area contributed by atoms with Gasteiger partial charge in [-0.1, -0.05) is 36.4 Å². The maximum absolute atomic E-state index is 12.2. The van der Waals surface area contributed by atoms with Crippen LogP contribution < -0.4 is 5.56 Å². The molecule has 1 aromatic carbocycles. The molecule has 0 aliphatic heterocycles. The van der Waals surface area contributed by atoms with Crippen molar-refractivity contribution < 1.29 is 0 Å². The fraction of sp³-hybridized carbons (Fsp3) is 0.118. The van der Waals surface area contributed by atoms with Gasteiger partial charge in [-0.15, -0.1) is 10.2 Å². The summed E-state index contributed by atoms with van der Waals surface area (Å²) in [4.78, 5) is 18.2. The van der Waals surface area contributed by atoms with E-state index in [2.05, 4.69) is 20.4 Å². The van der Waals surface area contributed by atoms with Crippen LogP contribution in [0.1, 0.15) is 11.3 Å². The summed E-state index contributed by atoms with van der Waals surface area (Å²) in [7, 11) is 0. The van der Waals surface area contributed by atoms with Crippen molar-refractivity contribution in [1.82, 2.24) is 29.6 Å². The number of hydrogen-bond donors (Lipinski definition) is 0. The van der Waals surface area contributed by atoms with Crippen LogP contribution in [0.15, 0.2) is 59.5 Å². The highest BCUT2D eigenvalue weighted by atomic mass is 16.1. The lowest BCUT2D eigenvalue weighted by molar-refractivity contribution is 0.564. The van der Waals surface area contributed by atoms with Gasteiger partial charge < -0.3 is 0 Å². The van der Waals surface area contributed by atoms with E-state index in [0.717, 1.165) is 11.1 Å². The van der Waals surface area contributed by atoms with Gasteiger partial charge in [0.15, 0.2) is 0 Å². The number of hydrogen-bond acceptors (Lipinski definition) is 5. The van der Waals surface area contributed by atoms with Crippen molar-refractivity contribution in [3.63, 3.8) is 0 Å². The van der Waals surface area contributed by atoms with Crippen LogP contribution in [-0.4, -0.2) is 29.6 Å². The van der Waals surface area contributed by atoms with Gasteiger partial charge in [0.1, 0.15) is 12.2 Å². The van der Waals surface area contributed by atoms with Crippen molar-refractivity contribution >= 4 is 5.65 Å². The van der Waals surface area contributed by atoms with E-state index in [1.54, 1.807) is 6.20 Å². The Morgan fingerprint density at radius 2 is 1.92 bits per heavy atom. The molecule has 0 fully saturated rings. The van der Waals surface area contributed by atoms with Gasteiger partial charge in [0.05, 0.1) is 5.69 Å². The van der Waals surface area contributed by atoms with E-state index in [4.69, 9.17) is 0 Å². The first-order valence-electron chi connectivity index (χ1n) is 7.51. The van der Waals surface area contributed by atoms with E-state index in [1.165, 1.54) is 15.3 Å². The summed E-state index contributed by atoms with van der Waals surface area (Å²) in [5.74, 6) is 0.545. The van der Waals surface area contributed by atoms with Crippen LogP contribution in [0.25, 0.3) is 17.0 Å². The molecule has 7 nitrogen and oxygen atoms in total. The minimum atomic E-state index is -0.123. The van der Waals surface area contributed by atoms with Gasteiger partial charge in [-0.25, -0.2) is 4.98 Å². The molecule has 0 amide bonds. The second-order valence-electron chi connectivity index (χ2n) is 5.53. The average molecular weight is 318 g/mol. The molecule has 0 bridgehead atoms. The molecule has 118 valence electrons. The van der Waals surface area contributed by atoms with E-state index in [9.17, 15) is 4.79 Å². The molecule has 0 unspecified atom stereocenters. The Balaban J connectivity index is 1.66. The van der Waals surface area contributed by atoms with Crippen LogP contribution in [0.5, 0.6) is 0 Å². The normalized spacial score (nSPS) is 11.0. The largest absolute Gasteiger partial charge is 0.269 e. The Morgan fingerprint density at radius 1 is 1.08 bits per heavy atom. The van der Waals surface area contributed by atoms with E-state index in [0.29, 0.717) is 23.7 Å². The smallest absolute Gasteiger partial charge is 0.258 e. The zero-order valence-electron chi connectivity index (χ0n) is 13.0. The summed E-state index contributed by atoms with van der Waals surface area (Å²) in [6.45, 7) is 2.23. The van der Waals surface area contributed by atoms with Crippen molar-refractivity contribution in [2.45, 2.75) is 13.5 Å². The number of benzene rings is 1. The second-order valence-corrected chi connectivity index (χ2v) is 5.53. The summed E-state index contributed by atoms with van der Waals surface area (Å²) in [5, 5.41) is 12.4. The third kappa shape index (κ3) is 2.67. The van der Waals surface area contributed by atoms with Gasteiger partial charge >= 0.3 is 0 Å². The molecule has 7 heteroatoms. The third-order valence-corrected chi connectivity index (χ3v) is 3.65. The minimum absolute atomic E-state index is 0.123. The number of pyridine rings is 1.